The number of nitrogens with zero attached hydrogens (tertiary/aromatic N) is 6. The van der Waals surface area contributed by atoms with E-state index in [-0.39, 0.29) is 45.1 Å². The summed E-state index contributed by atoms with van der Waals surface area (Å²) in [6, 6.07) is 6.72. The van der Waals surface area contributed by atoms with Crippen LogP contribution in [0.1, 0.15) is 11.4 Å². The van der Waals surface area contributed by atoms with Crippen LogP contribution in [-0.4, -0.2) is 20.2 Å². The molecule has 0 saturated carbocycles. The molecule has 9 heteroatoms. The van der Waals surface area contributed by atoms with Crippen molar-refractivity contribution in [3.8, 4) is 24.3 Å². The Kier molecular flexibility index (Phi) is 3.37. The van der Waals surface area contributed by atoms with Crippen molar-refractivity contribution in [2.45, 2.75) is 0 Å². The summed E-state index contributed by atoms with van der Waals surface area (Å²) in [5, 5.41) is 49.7. The van der Waals surface area contributed by atoms with E-state index >= 15 is 0 Å². The highest BCUT2D eigenvalue weighted by atomic mass is 32.1. The normalized spacial score (nSPS) is 12.6. The fraction of sp³-hybridized carbons (Fsp3) is 0. The predicted molar refractivity (Wildman–Crippen MR) is 70.9 cm³/mol. The van der Waals surface area contributed by atoms with Crippen molar-refractivity contribution in [1.29, 1.82) is 26.5 Å². The van der Waals surface area contributed by atoms with Crippen molar-refractivity contribution >= 4 is 34.3 Å². The number of aromatic nitrogens is 2. The molecule has 0 saturated heterocycles. The summed E-state index contributed by atoms with van der Waals surface area (Å²) in [5.74, 6) is 0. The van der Waals surface area contributed by atoms with Crippen LogP contribution in [-0.2, 0) is 0 Å². The van der Waals surface area contributed by atoms with Gasteiger partial charge in [-0.1, -0.05) is 0 Å². The van der Waals surface area contributed by atoms with Gasteiger partial charge in [0.15, 0.2) is 0 Å². The van der Waals surface area contributed by atoms with E-state index in [1.54, 1.807) is 24.3 Å². The Morgan fingerprint density at radius 3 is 1.81 bits per heavy atom. The Bertz CT molecular complexity index is 810. The maximum absolute atomic E-state index is 8.98. The molecule has 0 atom stereocenters. The molecule has 1 aliphatic rings. The SMILES string of the molecule is N#CC(C#N)=C1C(=N)C(=[NH2+])C(=C(C#N)C#N)c2nsnc21. The summed E-state index contributed by atoms with van der Waals surface area (Å²) < 4.78 is 7.91. The monoisotopic (exact) mass is 291 g/mol. The van der Waals surface area contributed by atoms with E-state index in [4.69, 9.17) is 31.9 Å². The first-order chi connectivity index (χ1) is 10.1. The summed E-state index contributed by atoms with van der Waals surface area (Å²) in [6.07, 6.45) is 0. The Morgan fingerprint density at radius 1 is 0.905 bits per heavy atom. The van der Waals surface area contributed by atoms with E-state index in [2.05, 4.69) is 8.75 Å². The van der Waals surface area contributed by atoms with Crippen LogP contribution in [0.5, 0.6) is 0 Å². The molecule has 1 heterocycles. The molecule has 0 aliphatic heterocycles. The van der Waals surface area contributed by atoms with Gasteiger partial charge in [0.1, 0.15) is 58.1 Å². The molecular formula is C12H3N8S+. The van der Waals surface area contributed by atoms with Gasteiger partial charge in [-0.25, -0.2) is 0 Å². The van der Waals surface area contributed by atoms with Crippen LogP contribution in [0.4, 0.5) is 0 Å². The van der Waals surface area contributed by atoms with Crippen molar-refractivity contribution < 1.29 is 5.41 Å². The molecule has 0 spiro atoms. The molecule has 0 bridgehead atoms. The fourth-order valence-corrected chi connectivity index (χ4v) is 2.35. The Balaban J connectivity index is 2.96. The van der Waals surface area contributed by atoms with Crippen molar-refractivity contribution in [3.63, 3.8) is 0 Å². The number of hydrogen-bond acceptors (Lipinski definition) is 8. The second-order valence-corrected chi connectivity index (χ2v) is 4.23. The molecule has 3 N–H and O–H groups in total. The first kappa shape index (κ1) is 13.8. The summed E-state index contributed by atoms with van der Waals surface area (Å²) in [4.78, 5) is 0. The van der Waals surface area contributed by atoms with Crippen molar-refractivity contribution in [2.75, 3.05) is 0 Å². The third-order valence-electron chi connectivity index (χ3n) is 2.70. The number of nitrogens with one attached hydrogen (secondary N) is 1. The zero-order valence-electron chi connectivity index (χ0n) is 10.2. The average Bonchev–Trinajstić information content (AvgIpc) is 2.96. The molecule has 21 heavy (non-hydrogen) atoms. The number of nitrogens with two attached hydrogens (primary N) is 1. The summed E-state index contributed by atoms with van der Waals surface area (Å²) >= 11 is 0.772. The summed E-state index contributed by atoms with van der Waals surface area (Å²) in [6.45, 7) is 0. The molecule has 0 fully saturated rings. The molecule has 0 aromatic carbocycles. The van der Waals surface area contributed by atoms with Crippen LogP contribution in [0.25, 0.3) is 11.1 Å². The minimum absolute atomic E-state index is 0.00716. The van der Waals surface area contributed by atoms with Crippen molar-refractivity contribution in [1.82, 2.24) is 8.75 Å². The van der Waals surface area contributed by atoms with E-state index in [0.717, 1.165) is 11.7 Å². The van der Waals surface area contributed by atoms with Gasteiger partial charge in [0, 0.05) is 0 Å². The van der Waals surface area contributed by atoms with E-state index in [1.165, 1.54) is 0 Å². The molecule has 2 rings (SSSR count). The van der Waals surface area contributed by atoms with E-state index in [0.29, 0.717) is 0 Å². The van der Waals surface area contributed by atoms with Crippen LogP contribution < -0.4 is 5.41 Å². The molecular weight excluding hydrogens is 288 g/mol. The van der Waals surface area contributed by atoms with Crippen LogP contribution in [0.2, 0.25) is 0 Å². The highest BCUT2D eigenvalue weighted by molar-refractivity contribution is 6.99. The quantitative estimate of drug-likeness (QED) is 0.602. The number of nitriles is 4. The van der Waals surface area contributed by atoms with Crippen molar-refractivity contribution in [2.24, 2.45) is 0 Å². The molecule has 96 valence electrons. The van der Waals surface area contributed by atoms with Crippen LogP contribution in [0, 0.1) is 50.7 Å². The maximum atomic E-state index is 8.98. The third-order valence-corrected chi connectivity index (χ3v) is 3.23. The minimum Gasteiger partial charge on any atom is -0.294 e. The molecule has 1 aromatic rings. The lowest BCUT2D eigenvalue weighted by Crippen LogP contribution is -2.48. The number of rotatable bonds is 0. The highest BCUT2D eigenvalue weighted by Gasteiger charge is 2.39. The lowest BCUT2D eigenvalue weighted by molar-refractivity contribution is -0.108. The minimum atomic E-state index is -0.328. The zero-order chi connectivity index (χ0) is 15.6. The van der Waals surface area contributed by atoms with Gasteiger partial charge in [0.05, 0.1) is 17.3 Å². The lowest BCUT2D eigenvalue weighted by atomic mass is 9.83. The lowest BCUT2D eigenvalue weighted by Gasteiger charge is -2.14. The molecule has 1 aliphatic carbocycles. The predicted octanol–water partition coefficient (Wildman–Crippen LogP) is -0.627. The van der Waals surface area contributed by atoms with E-state index in [1.807, 2.05) is 0 Å². The first-order valence-electron chi connectivity index (χ1n) is 5.25. The van der Waals surface area contributed by atoms with Crippen LogP contribution >= 0.6 is 11.7 Å². The van der Waals surface area contributed by atoms with Gasteiger partial charge in [-0.2, -0.15) is 29.8 Å². The summed E-state index contributed by atoms with van der Waals surface area (Å²) in [7, 11) is 0. The smallest absolute Gasteiger partial charge is 0.234 e. The van der Waals surface area contributed by atoms with Gasteiger partial charge >= 0.3 is 0 Å². The first-order valence-corrected chi connectivity index (χ1v) is 5.98. The Hall–Kier alpha value is -3.66. The van der Waals surface area contributed by atoms with Gasteiger partial charge in [0.25, 0.3) is 0 Å². The largest absolute Gasteiger partial charge is 0.294 e. The van der Waals surface area contributed by atoms with E-state index < -0.39 is 0 Å². The second-order valence-electron chi connectivity index (χ2n) is 3.70. The fourth-order valence-electron chi connectivity index (χ4n) is 1.79. The molecule has 0 radical (unpaired) electrons. The Morgan fingerprint density at radius 2 is 1.33 bits per heavy atom. The number of hydrogen-bond donors (Lipinski definition) is 2. The molecule has 0 amide bonds. The molecule has 1 aromatic heterocycles. The summed E-state index contributed by atoms with van der Waals surface area (Å²) in [5.41, 5.74) is -0.947. The van der Waals surface area contributed by atoms with E-state index in [9.17, 15) is 0 Å². The van der Waals surface area contributed by atoms with Gasteiger partial charge in [-0.15, -0.1) is 0 Å². The average molecular weight is 291 g/mol. The number of fused-ring (bicyclic) bond motifs is 1. The van der Waals surface area contributed by atoms with Gasteiger partial charge in [-0.05, 0) is 0 Å². The van der Waals surface area contributed by atoms with Crippen LogP contribution in [0.15, 0.2) is 11.1 Å². The second kappa shape index (κ2) is 5.14. The van der Waals surface area contributed by atoms with Gasteiger partial charge in [0.2, 0.25) is 5.71 Å². The van der Waals surface area contributed by atoms with Crippen LogP contribution in [0.3, 0.4) is 0 Å². The maximum Gasteiger partial charge on any atom is 0.234 e. The van der Waals surface area contributed by atoms with Crippen molar-refractivity contribution in [3.05, 3.63) is 22.5 Å². The zero-order valence-corrected chi connectivity index (χ0v) is 11.0. The standard InChI is InChI=1S/C12H2N8S/c13-1-5(2-14)7-9(17)10(18)8(6(3-15)4-16)12-11(7)19-21-20-12/h17-18H/p+1. The van der Waals surface area contributed by atoms with Gasteiger partial charge in [-0.3, -0.25) is 10.8 Å². The number of allylic oxidation sites excluding steroid dienone is 4. The molecule has 8 nitrogen and oxygen atoms in total. The van der Waals surface area contributed by atoms with Gasteiger partial charge < -0.3 is 0 Å². The Labute approximate surface area is 122 Å². The topological polar surface area (TPSA) is 170 Å². The third kappa shape index (κ3) is 1.87. The highest BCUT2D eigenvalue weighted by Crippen LogP contribution is 2.34. The molecule has 0 unspecified atom stereocenters.